The molecule has 0 aliphatic rings. The van der Waals surface area contributed by atoms with Gasteiger partial charge in [0.05, 0.1) is 6.21 Å². The molecule has 30 heavy (non-hydrogen) atoms. The van der Waals surface area contributed by atoms with Gasteiger partial charge in [-0.2, -0.15) is 5.10 Å². The zero-order chi connectivity index (χ0) is 21.2. The molecule has 0 unspecified atom stereocenters. The molecule has 6 heteroatoms. The standard InChI is InChI=1S/C24H21N3O2S/c1-18(15-19-9-4-2-5-10-19)16-22(26-23(28)20-11-6-3-7-12-20)24(29)27-25-17-21-13-8-14-30-21/h2-17H,1H3,(H,26,28)(H,27,29)/b18-15+,22-16-,25-17-. The van der Waals surface area contributed by atoms with Gasteiger partial charge < -0.3 is 5.32 Å². The molecule has 2 amide bonds. The summed E-state index contributed by atoms with van der Waals surface area (Å²) in [6.45, 7) is 1.86. The lowest BCUT2D eigenvalue weighted by Crippen LogP contribution is -2.33. The molecule has 0 bridgehead atoms. The number of carbonyl (C=O) groups excluding carboxylic acids is 2. The Morgan fingerprint density at radius 1 is 0.933 bits per heavy atom. The summed E-state index contributed by atoms with van der Waals surface area (Å²) in [6, 6.07) is 22.3. The molecule has 2 aromatic carbocycles. The Kier molecular flexibility index (Phi) is 7.46. The fourth-order valence-corrected chi connectivity index (χ4v) is 3.19. The zero-order valence-corrected chi connectivity index (χ0v) is 17.2. The Balaban J connectivity index is 1.80. The van der Waals surface area contributed by atoms with Gasteiger partial charge in [0.15, 0.2) is 0 Å². The normalized spacial score (nSPS) is 12.0. The summed E-state index contributed by atoms with van der Waals surface area (Å²) >= 11 is 1.51. The molecule has 0 aliphatic carbocycles. The number of nitrogens with zero attached hydrogens (tertiary/aromatic N) is 1. The molecule has 5 nitrogen and oxygen atoms in total. The van der Waals surface area contributed by atoms with Crippen molar-refractivity contribution in [1.29, 1.82) is 0 Å². The number of carbonyl (C=O) groups is 2. The quantitative estimate of drug-likeness (QED) is 0.256. The van der Waals surface area contributed by atoms with Gasteiger partial charge in [0, 0.05) is 10.4 Å². The van der Waals surface area contributed by atoms with Crippen LogP contribution in [0.15, 0.2) is 101 Å². The highest BCUT2D eigenvalue weighted by molar-refractivity contribution is 7.11. The van der Waals surface area contributed by atoms with E-state index in [0.29, 0.717) is 5.56 Å². The first-order valence-electron chi connectivity index (χ1n) is 9.30. The number of benzene rings is 2. The van der Waals surface area contributed by atoms with E-state index in [9.17, 15) is 9.59 Å². The van der Waals surface area contributed by atoms with Crippen LogP contribution in [-0.2, 0) is 4.79 Å². The highest BCUT2D eigenvalue weighted by Crippen LogP contribution is 2.10. The predicted octanol–water partition coefficient (Wildman–Crippen LogP) is 4.62. The number of rotatable bonds is 7. The van der Waals surface area contributed by atoms with Crippen LogP contribution < -0.4 is 10.7 Å². The maximum Gasteiger partial charge on any atom is 0.287 e. The summed E-state index contributed by atoms with van der Waals surface area (Å²) in [4.78, 5) is 26.2. The first kappa shape index (κ1) is 21.0. The first-order chi connectivity index (χ1) is 14.6. The summed E-state index contributed by atoms with van der Waals surface area (Å²) < 4.78 is 0. The molecule has 0 radical (unpaired) electrons. The topological polar surface area (TPSA) is 70.6 Å². The average Bonchev–Trinajstić information content (AvgIpc) is 3.28. The predicted molar refractivity (Wildman–Crippen MR) is 122 cm³/mol. The van der Waals surface area contributed by atoms with E-state index < -0.39 is 5.91 Å². The number of amides is 2. The van der Waals surface area contributed by atoms with Crippen LogP contribution in [0.5, 0.6) is 0 Å². The molecule has 0 atom stereocenters. The van der Waals surface area contributed by atoms with Gasteiger partial charge in [-0.1, -0.05) is 60.7 Å². The van der Waals surface area contributed by atoms with Gasteiger partial charge in [-0.05, 0) is 47.7 Å². The molecular weight excluding hydrogens is 394 g/mol. The van der Waals surface area contributed by atoms with Crippen molar-refractivity contribution in [2.75, 3.05) is 0 Å². The minimum atomic E-state index is -0.507. The van der Waals surface area contributed by atoms with Crippen LogP contribution in [0.2, 0.25) is 0 Å². The molecule has 3 aromatic rings. The van der Waals surface area contributed by atoms with E-state index in [4.69, 9.17) is 0 Å². The van der Waals surface area contributed by atoms with Crippen LogP contribution in [0.25, 0.3) is 6.08 Å². The number of hydrogen-bond acceptors (Lipinski definition) is 4. The number of thiophene rings is 1. The minimum absolute atomic E-state index is 0.108. The summed E-state index contributed by atoms with van der Waals surface area (Å²) in [6.07, 6.45) is 5.12. The number of hydrogen-bond donors (Lipinski definition) is 2. The van der Waals surface area contributed by atoms with Crippen LogP contribution in [0.3, 0.4) is 0 Å². The van der Waals surface area contributed by atoms with Crippen molar-refractivity contribution in [1.82, 2.24) is 10.7 Å². The lowest BCUT2D eigenvalue weighted by molar-refractivity contribution is -0.117. The third-order valence-corrected chi connectivity index (χ3v) is 4.80. The summed E-state index contributed by atoms with van der Waals surface area (Å²) in [5, 5.41) is 8.59. The van der Waals surface area contributed by atoms with E-state index in [-0.39, 0.29) is 11.6 Å². The number of allylic oxidation sites excluding steroid dienone is 2. The van der Waals surface area contributed by atoms with Crippen molar-refractivity contribution in [2.24, 2.45) is 5.10 Å². The summed E-state index contributed by atoms with van der Waals surface area (Å²) in [7, 11) is 0. The third kappa shape index (κ3) is 6.39. The fourth-order valence-electron chi connectivity index (χ4n) is 2.60. The molecule has 150 valence electrons. The van der Waals surface area contributed by atoms with Crippen molar-refractivity contribution in [2.45, 2.75) is 6.92 Å². The monoisotopic (exact) mass is 415 g/mol. The summed E-state index contributed by atoms with van der Waals surface area (Å²) in [5.41, 5.74) is 4.85. The highest BCUT2D eigenvalue weighted by atomic mass is 32.1. The van der Waals surface area contributed by atoms with Crippen molar-refractivity contribution in [3.8, 4) is 0 Å². The van der Waals surface area contributed by atoms with E-state index in [1.54, 1.807) is 36.6 Å². The van der Waals surface area contributed by atoms with Gasteiger partial charge in [-0.25, -0.2) is 5.43 Å². The first-order valence-corrected chi connectivity index (χ1v) is 10.2. The highest BCUT2D eigenvalue weighted by Gasteiger charge is 2.14. The SMILES string of the molecule is CC(/C=C(\NC(=O)c1ccccc1)C(=O)N/N=C\c1cccs1)=C\c1ccccc1. The van der Waals surface area contributed by atoms with Crippen molar-refractivity contribution < 1.29 is 9.59 Å². The second-order valence-corrected chi connectivity index (χ2v) is 7.37. The Hall–Kier alpha value is -3.77. The molecule has 1 heterocycles. The molecular formula is C24H21N3O2S. The molecule has 1 aromatic heterocycles. The minimum Gasteiger partial charge on any atom is -0.317 e. The van der Waals surface area contributed by atoms with Gasteiger partial charge in [0.25, 0.3) is 11.8 Å². The Bertz CT molecular complexity index is 1070. The molecule has 0 spiro atoms. The fraction of sp³-hybridized carbons (Fsp3) is 0.0417. The Morgan fingerprint density at radius 3 is 2.30 bits per heavy atom. The van der Waals surface area contributed by atoms with Crippen LogP contribution in [0.1, 0.15) is 27.7 Å². The Labute approximate surface area is 179 Å². The van der Waals surface area contributed by atoms with Crippen LogP contribution in [0.4, 0.5) is 0 Å². The molecule has 0 saturated heterocycles. The van der Waals surface area contributed by atoms with Crippen LogP contribution >= 0.6 is 11.3 Å². The van der Waals surface area contributed by atoms with E-state index in [1.807, 2.05) is 66.9 Å². The van der Waals surface area contributed by atoms with Gasteiger partial charge in [0.1, 0.15) is 5.70 Å². The largest absolute Gasteiger partial charge is 0.317 e. The van der Waals surface area contributed by atoms with Gasteiger partial charge in [-0.15, -0.1) is 11.3 Å². The smallest absolute Gasteiger partial charge is 0.287 e. The third-order valence-electron chi connectivity index (χ3n) is 4.00. The van der Waals surface area contributed by atoms with E-state index >= 15 is 0 Å². The maximum absolute atomic E-state index is 12.7. The van der Waals surface area contributed by atoms with Crippen molar-refractivity contribution >= 4 is 35.4 Å². The van der Waals surface area contributed by atoms with Gasteiger partial charge in [-0.3, -0.25) is 9.59 Å². The molecule has 2 N–H and O–H groups in total. The van der Waals surface area contributed by atoms with E-state index in [0.717, 1.165) is 16.0 Å². The number of nitrogens with one attached hydrogen (secondary N) is 2. The molecule has 3 rings (SSSR count). The Morgan fingerprint density at radius 2 is 1.63 bits per heavy atom. The van der Waals surface area contributed by atoms with Crippen LogP contribution in [-0.4, -0.2) is 18.0 Å². The molecule has 0 saturated carbocycles. The zero-order valence-electron chi connectivity index (χ0n) is 16.4. The van der Waals surface area contributed by atoms with Crippen LogP contribution in [0, 0.1) is 0 Å². The second-order valence-electron chi connectivity index (χ2n) is 6.39. The van der Waals surface area contributed by atoms with E-state index in [1.165, 1.54) is 11.3 Å². The maximum atomic E-state index is 12.7. The lowest BCUT2D eigenvalue weighted by Gasteiger charge is -2.09. The average molecular weight is 416 g/mol. The molecule has 0 fully saturated rings. The lowest BCUT2D eigenvalue weighted by atomic mass is 10.1. The second kappa shape index (κ2) is 10.7. The van der Waals surface area contributed by atoms with E-state index in [2.05, 4.69) is 15.8 Å². The number of hydrazone groups is 1. The van der Waals surface area contributed by atoms with Crippen molar-refractivity contribution in [3.05, 3.63) is 112 Å². The molecule has 0 aliphatic heterocycles. The van der Waals surface area contributed by atoms with Gasteiger partial charge in [0.2, 0.25) is 0 Å². The van der Waals surface area contributed by atoms with Crippen molar-refractivity contribution in [3.63, 3.8) is 0 Å². The van der Waals surface area contributed by atoms with Gasteiger partial charge >= 0.3 is 0 Å². The summed E-state index contributed by atoms with van der Waals surface area (Å²) in [5.74, 6) is -0.875.